The number of amides is 3. The van der Waals surface area contributed by atoms with Gasteiger partial charge in [-0.2, -0.15) is 0 Å². The molecule has 0 bridgehead atoms. The molecule has 1 aliphatic heterocycles. The smallest absolute Gasteiger partial charge is 0.408 e. The quantitative estimate of drug-likeness (QED) is 0.708. The molecule has 8 heteroatoms. The molecular weight excluding hydrogens is 398 g/mol. The number of carbonyl (C=O) groups excluding carboxylic acids is 3. The second kappa shape index (κ2) is 11.1. The number of rotatable bonds is 7. The normalized spacial score (nSPS) is 14.4. The number of nitrogens with one attached hydrogen (secondary N) is 2. The fraction of sp³-hybridized carbons (Fsp3) is 0.348. The van der Waals surface area contributed by atoms with Crippen LogP contribution in [0.25, 0.3) is 0 Å². The Hall–Kier alpha value is -3.39. The van der Waals surface area contributed by atoms with Gasteiger partial charge >= 0.3 is 6.09 Å². The summed E-state index contributed by atoms with van der Waals surface area (Å²) in [4.78, 5) is 38.4. The molecule has 164 valence electrons. The van der Waals surface area contributed by atoms with Crippen LogP contribution >= 0.6 is 0 Å². The highest BCUT2D eigenvalue weighted by atomic mass is 16.5. The van der Waals surface area contributed by atoms with Crippen molar-refractivity contribution < 1.29 is 23.9 Å². The second-order valence-corrected chi connectivity index (χ2v) is 7.25. The maximum atomic E-state index is 12.5. The van der Waals surface area contributed by atoms with Crippen LogP contribution in [0.2, 0.25) is 0 Å². The van der Waals surface area contributed by atoms with Gasteiger partial charge in [0.15, 0.2) is 0 Å². The highest BCUT2D eigenvalue weighted by Crippen LogP contribution is 2.10. The van der Waals surface area contributed by atoms with Crippen molar-refractivity contribution in [3.63, 3.8) is 0 Å². The van der Waals surface area contributed by atoms with Gasteiger partial charge in [0.2, 0.25) is 5.91 Å². The van der Waals surface area contributed by atoms with Gasteiger partial charge in [-0.15, -0.1) is 0 Å². The van der Waals surface area contributed by atoms with Crippen LogP contribution in [0.3, 0.4) is 0 Å². The summed E-state index contributed by atoms with van der Waals surface area (Å²) in [6.45, 7) is 4.31. The van der Waals surface area contributed by atoms with Crippen molar-refractivity contribution in [2.24, 2.45) is 0 Å². The standard InChI is InChI=1S/C23H27N3O5/c1-17(25-23(29)31-16-19-5-3-2-4-6-19)21(27)24-15-18-7-9-20(10-8-18)22(28)26-11-13-30-14-12-26/h2-10,17H,11-16H2,1H3,(H,24,27)(H,25,29). The first-order chi connectivity index (χ1) is 15.0. The number of alkyl carbamates (subject to hydrolysis) is 1. The fourth-order valence-corrected chi connectivity index (χ4v) is 3.06. The second-order valence-electron chi connectivity index (χ2n) is 7.25. The summed E-state index contributed by atoms with van der Waals surface area (Å²) in [5, 5.41) is 5.28. The molecule has 0 radical (unpaired) electrons. The van der Waals surface area contributed by atoms with E-state index in [0.29, 0.717) is 31.9 Å². The Labute approximate surface area is 181 Å². The largest absolute Gasteiger partial charge is 0.445 e. The molecule has 8 nitrogen and oxygen atoms in total. The number of nitrogens with zero attached hydrogens (tertiary/aromatic N) is 1. The van der Waals surface area contributed by atoms with E-state index < -0.39 is 12.1 Å². The molecule has 1 fully saturated rings. The molecule has 0 spiro atoms. The van der Waals surface area contributed by atoms with Crippen molar-refractivity contribution in [3.8, 4) is 0 Å². The Bertz CT molecular complexity index is 880. The molecule has 1 saturated heterocycles. The first-order valence-electron chi connectivity index (χ1n) is 10.2. The number of morpholine rings is 1. The average Bonchev–Trinajstić information content (AvgIpc) is 2.82. The van der Waals surface area contributed by atoms with Crippen LogP contribution < -0.4 is 10.6 Å². The summed E-state index contributed by atoms with van der Waals surface area (Å²) in [7, 11) is 0. The van der Waals surface area contributed by atoms with Crippen LogP contribution in [0.5, 0.6) is 0 Å². The van der Waals surface area contributed by atoms with Gasteiger partial charge in [0, 0.05) is 25.2 Å². The molecule has 1 unspecified atom stereocenters. The van der Waals surface area contributed by atoms with Crippen molar-refractivity contribution in [1.29, 1.82) is 0 Å². The minimum Gasteiger partial charge on any atom is -0.445 e. The van der Waals surface area contributed by atoms with Crippen LogP contribution in [0.1, 0.15) is 28.4 Å². The zero-order valence-electron chi connectivity index (χ0n) is 17.5. The summed E-state index contributed by atoms with van der Waals surface area (Å²) in [6.07, 6.45) is -0.655. The molecule has 3 rings (SSSR count). The van der Waals surface area contributed by atoms with Crippen LogP contribution in [0.15, 0.2) is 54.6 Å². The third kappa shape index (κ3) is 6.82. The SMILES string of the molecule is CC(NC(=O)OCc1ccccc1)C(=O)NCc1ccc(C(=O)N2CCOCC2)cc1. The Morgan fingerprint density at radius 1 is 1.00 bits per heavy atom. The zero-order chi connectivity index (χ0) is 22.1. The Kier molecular flexibility index (Phi) is 8.00. The van der Waals surface area contributed by atoms with Crippen LogP contribution in [-0.4, -0.2) is 55.2 Å². The minimum absolute atomic E-state index is 0.0225. The lowest BCUT2D eigenvalue weighted by Crippen LogP contribution is -2.44. The summed E-state index contributed by atoms with van der Waals surface area (Å²) in [6, 6.07) is 15.7. The van der Waals surface area contributed by atoms with Gasteiger partial charge in [0.1, 0.15) is 12.6 Å². The van der Waals surface area contributed by atoms with Crippen LogP contribution in [-0.2, 0) is 27.4 Å². The van der Waals surface area contributed by atoms with Gasteiger partial charge in [-0.1, -0.05) is 42.5 Å². The van der Waals surface area contributed by atoms with Gasteiger partial charge in [-0.3, -0.25) is 9.59 Å². The molecule has 2 N–H and O–H groups in total. The highest BCUT2D eigenvalue weighted by Gasteiger charge is 2.19. The minimum atomic E-state index is -0.745. The topological polar surface area (TPSA) is 97.0 Å². The molecular formula is C23H27N3O5. The Morgan fingerprint density at radius 2 is 1.68 bits per heavy atom. The maximum Gasteiger partial charge on any atom is 0.408 e. The van der Waals surface area contributed by atoms with E-state index in [2.05, 4.69) is 10.6 Å². The van der Waals surface area contributed by atoms with E-state index in [1.807, 2.05) is 30.3 Å². The fourth-order valence-electron chi connectivity index (χ4n) is 3.06. The van der Waals surface area contributed by atoms with E-state index in [-0.39, 0.29) is 25.0 Å². The van der Waals surface area contributed by atoms with E-state index in [9.17, 15) is 14.4 Å². The molecule has 0 aliphatic carbocycles. The number of benzene rings is 2. The zero-order valence-corrected chi connectivity index (χ0v) is 17.5. The van der Waals surface area contributed by atoms with Gasteiger partial charge in [0.05, 0.1) is 13.2 Å². The molecule has 1 aliphatic rings. The van der Waals surface area contributed by atoms with E-state index >= 15 is 0 Å². The predicted octanol–water partition coefficient (Wildman–Crippen LogP) is 2.09. The Balaban J connectivity index is 1.41. The van der Waals surface area contributed by atoms with Crippen molar-refractivity contribution in [2.75, 3.05) is 26.3 Å². The number of hydrogen-bond donors (Lipinski definition) is 2. The molecule has 2 aromatic rings. The van der Waals surface area contributed by atoms with E-state index in [4.69, 9.17) is 9.47 Å². The lowest BCUT2D eigenvalue weighted by molar-refractivity contribution is -0.122. The first kappa shape index (κ1) is 22.3. The van der Waals surface area contributed by atoms with Gasteiger partial charge in [-0.05, 0) is 30.2 Å². The Morgan fingerprint density at radius 3 is 2.35 bits per heavy atom. The summed E-state index contributed by atoms with van der Waals surface area (Å²) < 4.78 is 10.4. The van der Waals surface area contributed by atoms with Gasteiger partial charge in [-0.25, -0.2) is 4.79 Å². The first-order valence-corrected chi connectivity index (χ1v) is 10.2. The molecule has 0 saturated carbocycles. The van der Waals surface area contributed by atoms with E-state index in [0.717, 1.165) is 11.1 Å². The van der Waals surface area contributed by atoms with Crippen molar-refractivity contribution in [1.82, 2.24) is 15.5 Å². The number of hydrogen-bond acceptors (Lipinski definition) is 5. The molecule has 0 aromatic heterocycles. The summed E-state index contributed by atoms with van der Waals surface area (Å²) in [5.74, 6) is -0.351. The average molecular weight is 425 g/mol. The van der Waals surface area contributed by atoms with Crippen LogP contribution in [0.4, 0.5) is 4.79 Å². The molecule has 2 aromatic carbocycles. The third-order valence-electron chi connectivity index (χ3n) is 4.91. The maximum absolute atomic E-state index is 12.5. The van der Waals surface area contributed by atoms with E-state index in [1.165, 1.54) is 0 Å². The van der Waals surface area contributed by atoms with Gasteiger partial charge < -0.3 is 25.0 Å². The van der Waals surface area contributed by atoms with Crippen LogP contribution in [0, 0.1) is 0 Å². The van der Waals surface area contributed by atoms with Crippen molar-refractivity contribution in [2.45, 2.75) is 26.1 Å². The molecule has 31 heavy (non-hydrogen) atoms. The summed E-state index contributed by atoms with van der Waals surface area (Å²) in [5.41, 5.74) is 2.32. The number of ether oxygens (including phenoxy) is 2. The predicted molar refractivity (Wildman–Crippen MR) is 114 cm³/mol. The monoisotopic (exact) mass is 425 g/mol. The van der Waals surface area contributed by atoms with E-state index in [1.54, 1.807) is 36.1 Å². The molecule has 1 heterocycles. The van der Waals surface area contributed by atoms with Gasteiger partial charge in [0.25, 0.3) is 5.91 Å². The number of carbonyl (C=O) groups is 3. The lowest BCUT2D eigenvalue weighted by Gasteiger charge is -2.26. The third-order valence-corrected chi connectivity index (χ3v) is 4.91. The highest BCUT2D eigenvalue weighted by molar-refractivity contribution is 5.94. The molecule has 1 atom stereocenters. The molecule has 3 amide bonds. The van der Waals surface area contributed by atoms with Crippen molar-refractivity contribution >= 4 is 17.9 Å². The lowest BCUT2D eigenvalue weighted by atomic mass is 10.1. The summed E-state index contributed by atoms with van der Waals surface area (Å²) >= 11 is 0. The van der Waals surface area contributed by atoms with Crippen molar-refractivity contribution in [3.05, 3.63) is 71.3 Å².